The van der Waals surface area contributed by atoms with E-state index in [1.807, 2.05) is 11.9 Å². The number of aromatic amines is 2. The summed E-state index contributed by atoms with van der Waals surface area (Å²) in [5.41, 5.74) is -1.70. The Bertz CT molecular complexity index is 574. The number of hydrogen-bond acceptors (Lipinski definition) is 4. The van der Waals surface area contributed by atoms with E-state index in [0.29, 0.717) is 6.42 Å². The van der Waals surface area contributed by atoms with Crippen LogP contribution in [0.3, 0.4) is 0 Å². The van der Waals surface area contributed by atoms with Crippen molar-refractivity contribution in [2.24, 2.45) is 5.92 Å². The average molecular weight is 269 g/mol. The van der Waals surface area contributed by atoms with Crippen molar-refractivity contribution in [3.63, 3.8) is 0 Å². The van der Waals surface area contributed by atoms with Gasteiger partial charge in [0.15, 0.2) is 0 Å². The fraction of sp³-hybridized carbons (Fsp3) is 0.455. The van der Waals surface area contributed by atoms with E-state index in [-0.39, 0.29) is 24.4 Å². The quantitative estimate of drug-likeness (QED) is 0.541. The fourth-order valence-corrected chi connectivity index (χ4v) is 1.52. The Morgan fingerprint density at radius 2 is 2.11 bits per heavy atom. The topological polar surface area (TPSA) is 132 Å². The standard InChI is InChI=1S/C11H15N3O5/c1-2-6(3-8(15)16)4-12-9(17)7-5-13-11(19)14-10(7)18/h5-6H,2-4H2,1H3,(H,12,17)(H,15,16)(H2,13,14,18,19). The van der Waals surface area contributed by atoms with Crippen LogP contribution in [-0.2, 0) is 4.79 Å². The van der Waals surface area contributed by atoms with Gasteiger partial charge in [0, 0.05) is 19.2 Å². The number of carbonyl (C=O) groups is 2. The van der Waals surface area contributed by atoms with Crippen molar-refractivity contribution in [3.05, 3.63) is 32.6 Å². The number of hydrogen-bond donors (Lipinski definition) is 4. The smallest absolute Gasteiger partial charge is 0.325 e. The maximum absolute atomic E-state index is 11.7. The summed E-state index contributed by atoms with van der Waals surface area (Å²) in [6.07, 6.45) is 1.56. The number of amides is 1. The zero-order chi connectivity index (χ0) is 14.4. The molecule has 104 valence electrons. The molecule has 1 amide bonds. The molecule has 0 bridgehead atoms. The van der Waals surface area contributed by atoms with Gasteiger partial charge in [-0.25, -0.2) is 4.79 Å². The predicted molar refractivity (Wildman–Crippen MR) is 66.1 cm³/mol. The second-order valence-electron chi connectivity index (χ2n) is 4.07. The van der Waals surface area contributed by atoms with E-state index < -0.39 is 23.1 Å². The maximum Gasteiger partial charge on any atom is 0.325 e. The lowest BCUT2D eigenvalue weighted by Gasteiger charge is -2.12. The first-order valence-electron chi connectivity index (χ1n) is 5.76. The highest BCUT2D eigenvalue weighted by atomic mass is 16.4. The molecule has 0 saturated heterocycles. The number of carboxylic acid groups (broad SMARTS) is 1. The highest BCUT2D eigenvalue weighted by Gasteiger charge is 2.15. The molecule has 0 aliphatic heterocycles. The number of aliphatic carboxylic acids is 1. The summed E-state index contributed by atoms with van der Waals surface area (Å²) in [5.74, 6) is -1.80. The molecule has 0 aromatic carbocycles. The van der Waals surface area contributed by atoms with Crippen LogP contribution in [0.1, 0.15) is 30.1 Å². The van der Waals surface area contributed by atoms with Gasteiger partial charge in [0.2, 0.25) is 0 Å². The average Bonchev–Trinajstić information content (AvgIpc) is 2.33. The van der Waals surface area contributed by atoms with Crippen LogP contribution in [0.2, 0.25) is 0 Å². The van der Waals surface area contributed by atoms with Crippen molar-refractivity contribution in [1.29, 1.82) is 0 Å². The summed E-state index contributed by atoms with van der Waals surface area (Å²) in [6, 6.07) is 0. The van der Waals surface area contributed by atoms with E-state index in [1.165, 1.54) is 0 Å². The van der Waals surface area contributed by atoms with Gasteiger partial charge in [0.25, 0.3) is 11.5 Å². The molecule has 1 aromatic rings. The summed E-state index contributed by atoms with van der Waals surface area (Å²) < 4.78 is 0. The Hall–Kier alpha value is -2.38. The summed E-state index contributed by atoms with van der Waals surface area (Å²) in [5, 5.41) is 11.1. The number of carboxylic acids is 1. The van der Waals surface area contributed by atoms with Gasteiger partial charge < -0.3 is 15.4 Å². The molecule has 0 spiro atoms. The lowest BCUT2D eigenvalue weighted by molar-refractivity contribution is -0.138. The molecule has 1 rings (SSSR count). The van der Waals surface area contributed by atoms with Gasteiger partial charge >= 0.3 is 11.7 Å². The SMILES string of the molecule is CCC(CNC(=O)c1c[nH]c(=O)[nH]c1=O)CC(=O)O. The second kappa shape index (κ2) is 6.53. The Balaban J connectivity index is 2.67. The van der Waals surface area contributed by atoms with E-state index >= 15 is 0 Å². The van der Waals surface area contributed by atoms with Crippen molar-refractivity contribution in [2.45, 2.75) is 19.8 Å². The number of carbonyl (C=O) groups excluding carboxylic acids is 1. The van der Waals surface area contributed by atoms with E-state index in [2.05, 4.69) is 10.3 Å². The summed E-state index contributed by atoms with van der Waals surface area (Å²) >= 11 is 0. The monoisotopic (exact) mass is 269 g/mol. The van der Waals surface area contributed by atoms with Crippen LogP contribution < -0.4 is 16.6 Å². The van der Waals surface area contributed by atoms with Crippen molar-refractivity contribution < 1.29 is 14.7 Å². The summed E-state index contributed by atoms with van der Waals surface area (Å²) in [7, 11) is 0. The van der Waals surface area contributed by atoms with Crippen molar-refractivity contribution in [3.8, 4) is 0 Å². The number of H-pyrrole nitrogens is 2. The molecule has 0 aliphatic carbocycles. The van der Waals surface area contributed by atoms with Crippen LogP contribution in [0.4, 0.5) is 0 Å². The minimum absolute atomic E-state index is 0.0568. The molecule has 19 heavy (non-hydrogen) atoms. The van der Waals surface area contributed by atoms with Gasteiger partial charge in [-0.15, -0.1) is 0 Å². The molecule has 1 aromatic heterocycles. The van der Waals surface area contributed by atoms with Crippen molar-refractivity contribution in [1.82, 2.24) is 15.3 Å². The molecule has 1 unspecified atom stereocenters. The van der Waals surface area contributed by atoms with Gasteiger partial charge in [-0.2, -0.15) is 0 Å². The third-order valence-corrected chi connectivity index (χ3v) is 2.66. The first-order chi connectivity index (χ1) is 8.93. The Morgan fingerprint density at radius 3 is 2.63 bits per heavy atom. The molecule has 4 N–H and O–H groups in total. The van der Waals surface area contributed by atoms with Crippen molar-refractivity contribution in [2.75, 3.05) is 6.54 Å². The number of nitrogens with one attached hydrogen (secondary N) is 3. The molecular weight excluding hydrogens is 254 g/mol. The van der Waals surface area contributed by atoms with Gasteiger partial charge in [0.05, 0.1) is 0 Å². The zero-order valence-corrected chi connectivity index (χ0v) is 10.4. The van der Waals surface area contributed by atoms with E-state index in [0.717, 1.165) is 6.20 Å². The molecule has 8 heteroatoms. The van der Waals surface area contributed by atoms with Crippen LogP contribution in [-0.4, -0.2) is 33.5 Å². The van der Waals surface area contributed by atoms with Crippen LogP contribution in [0.15, 0.2) is 15.8 Å². The first kappa shape index (κ1) is 14.7. The molecule has 0 fully saturated rings. The zero-order valence-electron chi connectivity index (χ0n) is 10.4. The van der Waals surface area contributed by atoms with Crippen molar-refractivity contribution >= 4 is 11.9 Å². The Morgan fingerprint density at radius 1 is 1.42 bits per heavy atom. The highest BCUT2D eigenvalue weighted by molar-refractivity contribution is 5.93. The molecule has 0 aliphatic rings. The van der Waals surface area contributed by atoms with E-state index in [9.17, 15) is 19.2 Å². The summed E-state index contributed by atoms with van der Waals surface area (Å²) in [4.78, 5) is 48.5. The lowest BCUT2D eigenvalue weighted by atomic mass is 10.0. The normalized spacial score (nSPS) is 11.8. The third kappa shape index (κ3) is 4.41. The largest absolute Gasteiger partial charge is 0.481 e. The number of rotatable bonds is 6. The highest BCUT2D eigenvalue weighted by Crippen LogP contribution is 2.06. The first-order valence-corrected chi connectivity index (χ1v) is 5.76. The Kier molecular flexibility index (Phi) is 5.04. The van der Waals surface area contributed by atoms with Crippen LogP contribution in [0.5, 0.6) is 0 Å². The molecule has 8 nitrogen and oxygen atoms in total. The van der Waals surface area contributed by atoms with Gasteiger partial charge in [-0.05, 0) is 5.92 Å². The lowest BCUT2D eigenvalue weighted by Crippen LogP contribution is -2.36. The van der Waals surface area contributed by atoms with Crippen LogP contribution in [0.25, 0.3) is 0 Å². The maximum atomic E-state index is 11.7. The predicted octanol–water partition coefficient (Wildman–Crippen LogP) is -0.706. The fourth-order valence-electron chi connectivity index (χ4n) is 1.52. The Labute approximate surface area is 107 Å². The summed E-state index contributed by atoms with van der Waals surface area (Å²) in [6.45, 7) is 1.97. The second-order valence-corrected chi connectivity index (χ2v) is 4.07. The van der Waals surface area contributed by atoms with Crippen LogP contribution >= 0.6 is 0 Å². The third-order valence-electron chi connectivity index (χ3n) is 2.66. The number of aromatic nitrogens is 2. The van der Waals surface area contributed by atoms with E-state index in [4.69, 9.17) is 5.11 Å². The van der Waals surface area contributed by atoms with E-state index in [1.54, 1.807) is 0 Å². The van der Waals surface area contributed by atoms with Gasteiger partial charge in [0.1, 0.15) is 5.56 Å². The van der Waals surface area contributed by atoms with Gasteiger partial charge in [-0.1, -0.05) is 13.3 Å². The van der Waals surface area contributed by atoms with Gasteiger partial charge in [-0.3, -0.25) is 19.4 Å². The van der Waals surface area contributed by atoms with Crippen LogP contribution in [0, 0.1) is 5.92 Å². The minimum atomic E-state index is -0.942. The minimum Gasteiger partial charge on any atom is -0.481 e. The molecule has 0 saturated carbocycles. The molecule has 1 atom stereocenters. The molecule has 0 radical (unpaired) electrons. The molecule has 1 heterocycles. The molecular formula is C11H15N3O5.